The van der Waals surface area contributed by atoms with Crippen LogP contribution in [-0.4, -0.2) is 4.89 Å². The SMILES string of the molecule is Cc1cc(Br)ccc1CO[PH](=O)O. The smallest absolute Gasteiger partial charge is 0.316 e. The Morgan fingerprint density at radius 3 is 2.85 bits per heavy atom. The van der Waals surface area contributed by atoms with Gasteiger partial charge in [-0.1, -0.05) is 22.0 Å². The molecular weight excluding hydrogens is 255 g/mol. The summed E-state index contributed by atoms with van der Waals surface area (Å²) in [5, 5.41) is 0. The molecule has 0 heterocycles. The summed E-state index contributed by atoms with van der Waals surface area (Å²) < 4.78 is 15.9. The van der Waals surface area contributed by atoms with Crippen molar-refractivity contribution in [1.82, 2.24) is 0 Å². The molecule has 1 N–H and O–H groups in total. The maximum Gasteiger partial charge on any atom is 0.316 e. The highest BCUT2D eigenvalue weighted by Crippen LogP contribution is 2.21. The average molecular weight is 265 g/mol. The molecule has 0 aromatic heterocycles. The van der Waals surface area contributed by atoms with Crippen molar-refractivity contribution in [3.63, 3.8) is 0 Å². The molecule has 0 bridgehead atoms. The van der Waals surface area contributed by atoms with E-state index in [2.05, 4.69) is 20.5 Å². The minimum absolute atomic E-state index is 0.188. The van der Waals surface area contributed by atoms with Gasteiger partial charge in [0.1, 0.15) is 0 Å². The van der Waals surface area contributed by atoms with Gasteiger partial charge in [-0.05, 0) is 30.2 Å². The van der Waals surface area contributed by atoms with Crippen LogP contribution in [0.25, 0.3) is 0 Å². The first-order valence-electron chi connectivity index (χ1n) is 3.70. The van der Waals surface area contributed by atoms with Crippen LogP contribution >= 0.6 is 24.2 Å². The van der Waals surface area contributed by atoms with Crippen LogP contribution in [0.15, 0.2) is 22.7 Å². The number of benzene rings is 1. The van der Waals surface area contributed by atoms with Crippen LogP contribution < -0.4 is 0 Å². The second-order valence-electron chi connectivity index (χ2n) is 2.63. The molecule has 1 unspecified atom stereocenters. The Hall–Kier alpha value is -0.150. The molecule has 0 fully saturated rings. The fourth-order valence-electron chi connectivity index (χ4n) is 0.961. The Morgan fingerprint density at radius 2 is 2.31 bits per heavy atom. The van der Waals surface area contributed by atoms with Crippen molar-refractivity contribution in [3.8, 4) is 0 Å². The fraction of sp³-hybridized carbons (Fsp3) is 0.250. The van der Waals surface area contributed by atoms with Crippen molar-refractivity contribution in [2.45, 2.75) is 13.5 Å². The highest BCUT2D eigenvalue weighted by Gasteiger charge is 2.00. The Labute approximate surface area is 85.8 Å². The molecule has 0 radical (unpaired) electrons. The highest BCUT2D eigenvalue weighted by atomic mass is 79.9. The summed E-state index contributed by atoms with van der Waals surface area (Å²) in [4.78, 5) is 8.47. The molecule has 13 heavy (non-hydrogen) atoms. The van der Waals surface area contributed by atoms with Gasteiger partial charge in [0.05, 0.1) is 6.61 Å². The van der Waals surface area contributed by atoms with E-state index in [0.29, 0.717) is 0 Å². The van der Waals surface area contributed by atoms with Gasteiger partial charge in [-0.15, -0.1) is 0 Å². The molecule has 0 aliphatic rings. The van der Waals surface area contributed by atoms with Gasteiger partial charge in [0.25, 0.3) is 0 Å². The zero-order chi connectivity index (χ0) is 9.84. The van der Waals surface area contributed by atoms with E-state index in [9.17, 15) is 4.57 Å². The molecule has 1 atom stereocenters. The van der Waals surface area contributed by atoms with Gasteiger partial charge < -0.3 is 9.42 Å². The maximum absolute atomic E-state index is 10.3. The Bertz CT molecular complexity index is 327. The topological polar surface area (TPSA) is 46.5 Å². The average Bonchev–Trinajstić information content (AvgIpc) is 2.02. The van der Waals surface area contributed by atoms with Gasteiger partial charge in [-0.2, -0.15) is 0 Å². The molecular formula is C8H10BrO3P. The number of halogens is 1. The van der Waals surface area contributed by atoms with Crippen LogP contribution in [0.3, 0.4) is 0 Å². The van der Waals surface area contributed by atoms with E-state index >= 15 is 0 Å². The molecule has 1 aromatic rings. The predicted octanol–water partition coefficient (Wildman–Crippen LogP) is 2.66. The lowest BCUT2D eigenvalue weighted by Crippen LogP contribution is -1.89. The third kappa shape index (κ3) is 3.61. The molecule has 0 amide bonds. The van der Waals surface area contributed by atoms with Crippen molar-refractivity contribution in [1.29, 1.82) is 0 Å². The summed E-state index contributed by atoms with van der Waals surface area (Å²) >= 11 is 3.33. The monoisotopic (exact) mass is 264 g/mol. The molecule has 5 heteroatoms. The van der Waals surface area contributed by atoms with E-state index in [1.807, 2.05) is 25.1 Å². The molecule has 1 rings (SSSR count). The second kappa shape index (κ2) is 4.91. The molecule has 0 saturated carbocycles. The number of aryl methyl sites for hydroxylation is 1. The summed E-state index contributed by atoms with van der Waals surface area (Å²) in [6.07, 6.45) is 0. The van der Waals surface area contributed by atoms with Gasteiger partial charge in [0, 0.05) is 4.47 Å². The van der Waals surface area contributed by atoms with Crippen molar-refractivity contribution < 1.29 is 14.0 Å². The number of hydrogen-bond donors (Lipinski definition) is 1. The van der Waals surface area contributed by atoms with Crippen molar-refractivity contribution in [2.75, 3.05) is 0 Å². The molecule has 0 aliphatic heterocycles. The standard InChI is InChI=1S/C8H10BrO3P/c1-6-4-8(9)3-2-7(6)5-12-13(10)11/h2-4,13H,5H2,1H3,(H,10,11). The Balaban J connectivity index is 2.72. The zero-order valence-corrected chi connectivity index (χ0v) is 9.67. The lowest BCUT2D eigenvalue weighted by molar-refractivity contribution is 0.272. The van der Waals surface area contributed by atoms with E-state index in [1.165, 1.54) is 0 Å². The van der Waals surface area contributed by atoms with Crippen LogP contribution in [0.2, 0.25) is 0 Å². The zero-order valence-electron chi connectivity index (χ0n) is 7.08. The van der Waals surface area contributed by atoms with Gasteiger partial charge in [0.15, 0.2) is 0 Å². The lowest BCUT2D eigenvalue weighted by atomic mass is 10.1. The van der Waals surface area contributed by atoms with E-state index in [0.717, 1.165) is 15.6 Å². The van der Waals surface area contributed by atoms with Gasteiger partial charge >= 0.3 is 8.25 Å². The van der Waals surface area contributed by atoms with Crippen molar-refractivity contribution >= 4 is 24.2 Å². The molecule has 3 nitrogen and oxygen atoms in total. The van der Waals surface area contributed by atoms with Crippen LogP contribution in [0, 0.1) is 6.92 Å². The van der Waals surface area contributed by atoms with E-state index in [4.69, 9.17) is 4.89 Å². The van der Waals surface area contributed by atoms with Gasteiger partial charge in [-0.3, -0.25) is 4.57 Å². The van der Waals surface area contributed by atoms with Crippen LogP contribution in [0.1, 0.15) is 11.1 Å². The summed E-state index contributed by atoms with van der Waals surface area (Å²) in [5.74, 6) is 0. The Morgan fingerprint density at radius 1 is 1.62 bits per heavy atom. The molecule has 0 saturated heterocycles. The van der Waals surface area contributed by atoms with Crippen molar-refractivity contribution in [3.05, 3.63) is 33.8 Å². The van der Waals surface area contributed by atoms with Crippen LogP contribution in [-0.2, 0) is 15.7 Å². The summed E-state index contributed by atoms with van der Waals surface area (Å²) in [6, 6.07) is 5.68. The molecule has 1 aromatic carbocycles. The summed E-state index contributed by atoms with van der Waals surface area (Å²) in [5.41, 5.74) is 1.97. The van der Waals surface area contributed by atoms with E-state index in [-0.39, 0.29) is 6.61 Å². The first-order valence-corrected chi connectivity index (χ1v) is 5.76. The van der Waals surface area contributed by atoms with Gasteiger partial charge in [0.2, 0.25) is 0 Å². The maximum atomic E-state index is 10.3. The number of hydrogen-bond acceptors (Lipinski definition) is 2. The third-order valence-electron chi connectivity index (χ3n) is 1.66. The molecule has 0 aliphatic carbocycles. The van der Waals surface area contributed by atoms with Crippen LogP contribution in [0.5, 0.6) is 0 Å². The predicted molar refractivity (Wildman–Crippen MR) is 54.9 cm³/mol. The van der Waals surface area contributed by atoms with Crippen molar-refractivity contribution in [2.24, 2.45) is 0 Å². The van der Waals surface area contributed by atoms with E-state index in [1.54, 1.807) is 0 Å². The lowest BCUT2D eigenvalue weighted by Gasteiger charge is -2.04. The third-order valence-corrected chi connectivity index (χ3v) is 2.54. The second-order valence-corrected chi connectivity index (χ2v) is 4.36. The van der Waals surface area contributed by atoms with Crippen LogP contribution in [0.4, 0.5) is 0 Å². The normalized spacial score (nSPS) is 12.8. The fourth-order valence-corrected chi connectivity index (χ4v) is 1.72. The minimum atomic E-state index is -2.82. The summed E-state index contributed by atoms with van der Waals surface area (Å²) in [6.45, 7) is 2.12. The number of rotatable bonds is 3. The molecule has 72 valence electrons. The Kier molecular flexibility index (Phi) is 4.13. The first-order chi connectivity index (χ1) is 6.09. The first kappa shape index (κ1) is 10.9. The summed E-state index contributed by atoms with van der Waals surface area (Å²) in [7, 11) is -2.82. The quantitative estimate of drug-likeness (QED) is 0.854. The largest absolute Gasteiger partial charge is 0.326 e. The van der Waals surface area contributed by atoms with Gasteiger partial charge in [-0.25, -0.2) is 0 Å². The minimum Gasteiger partial charge on any atom is -0.326 e. The van der Waals surface area contributed by atoms with E-state index < -0.39 is 8.25 Å². The molecule has 0 spiro atoms. The highest BCUT2D eigenvalue weighted by molar-refractivity contribution is 9.10.